The molecule has 6 nitrogen and oxygen atoms in total. The number of halogens is 1. The van der Waals surface area contributed by atoms with Crippen molar-refractivity contribution in [1.29, 1.82) is 0 Å². The van der Waals surface area contributed by atoms with Crippen LogP contribution in [0, 0.1) is 5.92 Å². The number of hydrogen-bond donors (Lipinski definition) is 2. The summed E-state index contributed by atoms with van der Waals surface area (Å²) >= 11 is 0. The summed E-state index contributed by atoms with van der Waals surface area (Å²) in [5.41, 5.74) is 0. The molecule has 1 unspecified atom stereocenters. The van der Waals surface area contributed by atoms with Gasteiger partial charge in [-0.15, -0.1) is 24.0 Å². The Morgan fingerprint density at radius 2 is 1.96 bits per heavy atom. The first-order valence-electron chi connectivity index (χ1n) is 7.45. The van der Waals surface area contributed by atoms with Gasteiger partial charge in [0.15, 0.2) is 5.96 Å². The number of guanidine groups is 1. The first-order chi connectivity index (χ1) is 10.7. The molecule has 0 amide bonds. The van der Waals surface area contributed by atoms with Crippen LogP contribution < -0.4 is 15.4 Å². The molecule has 130 valence electrons. The number of hydrogen-bond acceptors (Lipinski definition) is 4. The van der Waals surface area contributed by atoms with Crippen molar-refractivity contribution in [3.8, 4) is 5.75 Å². The highest BCUT2D eigenvalue weighted by molar-refractivity contribution is 14.0. The number of para-hydroxylation sites is 1. The molecule has 7 heteroatoms. The van der Waals surface area contributed by atoms with E-state index in [1.54, 1.807) is 6.92 Å². The molecule has 0 saturated carbocycles. The van der Waals surface area contributed by atoms with Crippen LogP contribution in [0.4, 0.5) is 0 Å². The molecular weight excluding hydrogens is 409 g/mol. The number of nitrogens with zero attached hydrogens (tertiary/aromatic N) is 1. The minimum Gasteiger partial charge on any atom is -0.492 e. The lowest BCUT2D eigenvalue weighted by molar-refractivity contribution is -0.144. The van der Waals surface area contributed by atoms with E-state index in [0.717, 1.165) is 12.3 Å². The summed E-state index contributed by atoms with van der Waals surface area (Å²) in [5.74, 6) is 0.980. The third-order valence-corrected chi connectivity index (χ3v) is 2.88. The predicted molar refractivity (Wildman–Crippen MR) is 103 cm³/mol. The van der Waals surface area contributed by atoms with E-state index in [1.165, 1.54) is 7.11 Å². The number of benzene rings is 1. The van der Waals surface area contributed by atoms with E-state index in [1.807, 2.05) is 37.3 Å². The lowest BCUT2D eigenvalue weighted by Gasteiger charge is -2.13. The van der Waals surface area contributed by atoms with Gasteiger partial charge in [-0.05, 0) is 19.1 Å². The van der Waals surface area contributed by atoms with Crippen LogP contribution in [0.5, 0.6) is 5.75 Å². The zero-order valence-electron chi connectivity index (χ0n) is 13.9. The molecule has 1 aromatic carbocycles. The van der Waals surface area contributed by atoms with Gasteiger partial charge < -0.3 is 20.1 Å². The molecule has 0 spiro atoms. The van der Waals surface area contributed by atoms with Crippen LogP contribution >= 0.6 is 24.0 Å². The van der Waals surface area contributed by atoms with E-state index in [0.29, 0.717) is 25.7 Å². The van der Waals surface area contributed by atoms with Gasteiger partial charge >= 0.3 is 5.97 Å². The summed E-state index contributed by atoms with van der Waals surface area (Å²) in [5, 5.41) is 6.29. The van der Waals surface area contributed by atoms with Gasteiger partial charge in [0.05, 0.1) is 26.1 Å². The molecule has 1 aromatic rings. The van der Waals surface area contributed by atoms with Crippen molar-refractivity contribution in [3.63, 3.8) is 0 Å². The largest absolute Gasteiger partial charge is 0.492 e. The van der Waals surface area contributed by atoms with Gasteiger partial charge in [-0.2, -0.15) is 0 Å². The summed E-state index contributed by atoms with van der Waals surface area (Å²) < 4.78 is 10.3. The summed E-state index contributed by atoms with van der Waals surface area (Å²) in [6.45, 7) is 6.05. The molecule has 1 atom stereocenters. The zero-order valence-corrected chi connectivity index (χ0v) is 16.2. The number of carbonyl (C=O) groups is 1. The Labute approximate surface area is 155 Å². The number of methoxy groups -OCH3 is 1. The fourth-order valence-electron chi connectivity index (χ4n) is 1.70. The first kappa shape index (κ1) is 21.5. The van der Waals surface area contributed by atoms with Crippen LogP contribution in [0.3, 0.4) is 0 Å². The second kappa shape index (κ2) is 13.0. The predicted octanol–water partition coefficient (Wildman–Crippen LogP) is 2.05. The number of esters is 1. The SMILES string of the molecule is CCNC(=NCC(C)C(=O)OC)NCCOc1ccccc1.I. The van der Waals surface area contributed by atoms with Gasteiger partial charge in [-0.3, -0.25) is 9.79 Å². The minimum atomic E-state index is -0.263. The molecule has 0 aliphatic rings. The van der Waals surface area contributed by atoms with Crippen molar-refractivity contribution in [3.05, 3.63) is 30.3 Å². The molecule has 0 aromatic heterocycles. The van der Waals surface area contributed by atoms with E-state index in [4.69, 9.17) is 4.74 Å². The van der Waals surface area contributed by atoms with Crippen molar-refractivity contribution in [2.45, 2.75) is 13.8 Å². The lowest BCUT2D eigenvalue weighted by atomic mass is 10.2. The van der Waals surface area contributed by atoms with Gasteiger partial charge in [0.25, 0.3) is 0 Å². The Morgan fingerprint density at radius 1 is 1.26 bits per heavy atom. The fraction of sp³-hybridized carbons (Fsp3) is 0.500. The van der Waals surface area contributed by atoms with Gasteiger partial charge in [0.1, 0.15) is 12.4 Å². The van der Waals surface area contributed by atoms with Crippen molar-refractivity contribution in [1.82, 2.24) is 10.6 Å². The number of aliphatic imine (C=N–C) groups is 1. The average Bonchev–Trinajstić information content (AvgIpc) is 2.56. The van der Waals surface area contributed by atoms with Crippen molar-refractivity contribution in [2.24, 2.45) is 10.9 Å². The summed E-state index contributed by atoms with van der Waals surface area (Å²) in [4.78, 5) is 15.7. The minimum absolute atomic E-state index is 0. The third kappa shape index (κ3) is 9.27. The van der Waals surface area contributed by atoms with Crippen molar-refractivity contribution >= 4 is 35.9 Å². The number of rotatable bonds is 8. The van der Waals surface area contributed by atoms with Gasteiger partial charge in [0, 0.05) is 6.54 Å². The zero-order chi connectivity index (χ0) is 16.2. The fourth-order valence-corrected chi connectivity index (χ4v) is 1.70. The van der Waals surface area contributed by atoms with E-state index in [9.17, 15) is 4.79 Å². The van der Waals surface area contributed by atoms with Crippen LogP contribution in [0.15, 0.2) is 35.3 Å². The maximum Gasteiger partial charge on any atom is 0.310 e. The normalized spacial score (nSPS) is 11.9. The Bertz CT molecular complexity index is 469. The second-order valence-electron chi connectivity index (χ2n) is 4.73. The van der Waals surface area contributed by atoms with E-state index in [2.05, 4.69) is 20.4 Å². The first-order valence-corrected chi connectivity index (χ1v) is 7.45. The number of carbonyl (C=O) groups excluding carboxylic acids is 1. The Kier molecular flexibility index (Phi) is 12.1. The molecule has 0 heterocycles. The van der Waals surface area contributed by atoms with Crippen LogP contribution in [0.25, 0.3) is 0 Å². The van der Waals surface area contributed by atoms with Gasteiger partial charge in [0.2, 0.25) is 0 Å². The molecule has 0 fully saturated rings. The lowest BCUT2D eigenvalue weighted by Crippen LogP contribution is -2.39. The Hall–Kier alpha value is -1.51. The Balaban J connectivity index is 0.00000484. The highest BCUT2D eigenvalue weighted by Gasteiger charge is 2.12. The van der Waals surface area contributed by atoms with Crippen LogP contribution in [-0.2, 0) is 9.53 Å². The molecule has 0 aliphatic carbocycles. The number of nitrogens with one attached hydrogen (secondary N) is 2. The monoisotopic (exact) mass is 435 g/mol. The number of ether oxygens (including phenoxy) is 2. The van der Waals surface area contributed by atoms with Crippen LogP contribution in [0.1, 0.15) is 13.8 Å². The smallest absolute Gasteiger partial charge is 0.310 e. The molecule has 2 N–H and O–H groups in total. The second-order valence-corrected chi connectivity index (χ2v) is 4.73. The summed E-state index contributed by atoms with van der Waals surface area (Å²) in [6, 6.07) is 9.64. The highest BCUT2D eigenvalue weighted by atomic mass is 127. The standard InChI is InChI=1S/C16H25N3O3.HI/c1-4-17-16(19-12-13(2)15(20)21-3)18-10-11-22-14-8-6-5-7-9-14;/h5-9,13H,4,10-12H2,1-3H3,(H2,17,18,19);1H. The average molecular weight is 435 g/mol. The Morgan fingerprint density at radius 3 is 2.57 bits per heavy atom. The molecule has 1 rings (SSSR count). The summed E-state index contributed by atoms with van der Waals surface area (Å²) in [7, 11) is 1.38. The maximum absolute atomic E-state index is 11.3. The topological polar surface area (TPSA) is 72.0 Å². The molecular formula is C16H26IN3O3. The summed E-state index contributed by atoms with van der Waals surface area (Å²) in [6.07, 6.45) is 0. The molecule has 0 radical (unpaired) electrons. The quantitative estimate of drug-likeness (QED) is 0.215. The van der Waals surface area contributed by atoms with Gasteiger partial charge in [-0.25, -0.2) is 0 Å². The third-order valence-electron chi connectivity index (χ3n) is 2.88. The molecule has 23 heavy (non-hydrogen) atoms. The van der Waals surface area contributed by atoms with Crippen LogP contribution in [-0.4, -0.2) is 45.3 Å². The van der Waals surface area contributed by atoms with Crippen LogP contribution in [0.2, 0.25) is 0 Å². The molecule has 0 aliphatic heterocycles. The van der Waals surface area contributed by atoms with Crippen molar-refractivity contribution < 1.29 is 14.3 Å². The maximum atomic E-state index is 11.3. The molecule has 0 bridgehead atoms. The van der Waals surface area contributed by atoms with Crippen molar-refractivity contribution in [2.75, 3.05) is 33.4 Å². The highest BCUT2D eigenvalue weighted by Crippen LogP contribution is 2.07. The van der Waals surface area contributed by atoms with E-state index < -0.39 is 0 Å². The van der Waals surface area contributed by atoms with E-state index >= 15 is 0 Å². The van der Waals surface area contributed by atoms with E-state index in [-0.39, 0.29) is 35.9 Å². The van der Waals surface area contributed by atoms with Gasteiger partial charge in [-0.1, -0.05) is 25.1 Å². The molecule has 0 saturated heterocycles.